The van der Waals surface area contributed by atoms with Crippen LogP contribution in [0.25, 0.3) is 0 Å². The molecule has 2 aliphatic rings. The first-order valence-electron chi connectivity index (χ1n) is 7.85. The number of guanidine groups is 1. The highest BCUT2D eigenvalue weighted by atomic mass is 32.2. The Morgan fingerprint density at radius 3 is 2.62 bits per heavy atom. The highest BCUT2D eigenvalue weighted by molar-refractivity contribution is 7.90. The predicted octanol–water partition coefficient (Wildman–Crippen LogP) is 1.32. The van der Waals surface area contributed by atoms with Crippen molar-refractivity contribution in [1.29, 1.82) is 0 Å². The van der Waals surface area contributed by atoms with E-state index in [0.29, 0.717) is 31.3 Å². The van der Waals surface area contributed by atoms with Gasteiger partial charge in [-0.1, -0.05) is 26.7 Å². The standard InChI is InChI=1S/C14H28N4O2S/c1-10(2)21(19,20)17-14-15-8-18(9-16-14)13-7-5-6-11(3)12(13)4/h10-13H,5-9H2,1-4H3,(H2,15,16,17)/t11-,12+,13-/m1/s1. The molecule has 21 heavy (non-hydrogen) atoms. The van der Waals surface area contributed by atoms with Gasteiger partial charge in [-0.15, -0.1) is 0 Å². The average molecular weight is 316 g/mol. The summed E-state index contributed by atoms with van der Waals surface area (Å²) in [5.74, 6) is 1.77. The third kappa shape index (κ3) is 3.88. The van der Waals surface area contributed by atoms with Crippen LogP contribution in [0.4, 0.5) is 0 Å². The number of aliphatic imine (C=N–C) groups is 1. The minimum absolute atomic E-state index is 0.372. The fourth-order valence-electron chi connectivity index (χ4n) is 3.06. The molecule has 0 amide bonds. The number of hydrogen-bond acceptors (Lipinski definition) is 5. The summed E-state index contributed by atoms with van der Waals surface area (Å²) in [6.45, 7) is 9.16. The molecule has 0 saturated heterocycles. The van der Waals surface area contributed by atoms with Crippen LogP contribution in [0.2, 0.25) is 0 Å². The summed E-state index contributed by atoms with van der Waals surface area (Å²) in [6, 6.07) is 0.535. The zero-order valence-electron chi connectivity index (χ0n) is 13.5. The average Bonchev–Trinajstić information content (AvgIpc) is 2.42. The van der Waals surface area contributed by atoms with Crippen molar-refractivity contribution in [1.82, 2.24) is 14.9 Å². The SMILES string of the molecule is CC(C)S(=O)(=O)NC1=NCN([C@@H]2CCC[C@@H](C)[C@@H]2C)CN1. The van der Waals surface area contributed by atoms with Gasteiger partial charge in [-0.2, -0.15) is 0 Å². The van der Waals surface area contributed by atoms with Crippen LogP contribution >= 0.6 is 0 Å². The molecule has 3 atom stereocenters. The molecule has 1 aliphatic heterocycles. The van der Waals surface area contributed by atoms with Gasteiger partial charge in [0.15, 0.2) is 0 Å². The first kappa shape index (κ1) is 16.5. The fraction of sp³-hybridized carbons (Fsp3) is 0.929. The second kappa shape index (κ2) is 6.52. The number of hydrogen-bond donors (Lipinski definition) is 2. The first-order valence-corrected chi connectivity index (χ1v) is 9.40. The van der Waals surface area contributed by atoms with Crippen molar-refractivity contribution in [3.8, 4) is 0 Å². The molecule has 1 saturated carbocycles. The van der Waals surface area contributed by atoms with Gasteiger partial charge in [-0.05, 0) is 32.1 Å². The topological polar surface area (TPSA) is 73.8 Å². The van der Waals surface area contributed by atoms with E-state index in [0.717, 1.165) is 5.92 Å². The lowest BCUT2D eigenvalue weighted by Gasteiger charge is -2.42. The van der Waals surface area contributed by atoms with E-state index in [1.54, 1.807) is 13.8 Å². The third-order valence-corrected chi connectivity index (χ3v) is 6.57. The van der Waals surface area contributed by atoms with Crippen molar-refractivity contribution < 1.29 is 8.42 Å². The molecule has 0 aromatic carbocycles. The van der Waals surface area contributed by atoms with Crippen molar-refractivity contribution in [2.45, 2.75) is 58.2 Å². The molecule has 0 aromatic rings. The minimum atomic E-state index is -3.32. The molecule has 7 heteroatoms. The Kier molecular flexibility index (Phi) is 5.14. The number of nitrogens with one attached hydrogen (secondary N) is 2. The molecule has 0 unspecified atom stereocenters. The fourth-order valence-corrected chi connectivity index (χ4v) is 3.70. The van der Waals surface area contributed by atoms with Gasteiger partial charge in [0.05, 0.1) is 18.6 Å². The Morgan fingerprint density at radius 2 is 2.05 bits per heavy atom. The van der Waals surface area contributed by atoms with E-state index in [2.05, 4.69) is 33.8 Å². The monoisotopic (exact) mass is 316 g/mol. The van der Waals surface area contributed by atoms with E-state index >= 15 is 0 Å². The van der Waals surface area contributed by atoms with Crippen LogP contribution in [0.1, 0.15) is 47.0 Å². The van der Waals surface area contributed by atoms with Crippen LogP contribution in [0, 0.1) is 11.8 Å². The van der Waals surface area contributed by atoms with Gasteiger partial charge < -0.3 is 5.32 Å². The van der Waals surface area contributed by atoms with E-state index in [-0.39, 0.29) is 0 Å². The van der Waals surface area contributed by atoms with Crippen molar-refractivity contribution in [2.75, 3.05) is 13.3 Å². The Balaban J connectivity index is 1.95. The van der Waals surface area contributed by atoms with Gasteiger partial charge in [-0.3, -0.25) is 9.62 Å². The number of rotatable bonds is 3. The molecule has 2 N–H and O–H groups in total. The molecule has 2 rings (SSSR count). The van der Waals surface area contributed by atoms with Crippen LogP contribution < -0.4 is 10.0 Å². The van der Waals surface area contributed by atoms with Gasteiger partial charge in [0.1, 0.15) is 0 Å². The van der Waals surface area contributed by atoms with Crippen LogP contribution in [0.5, 0.6) is 0 Å². The van der Waals surface area contributed by atoms with E-state index in [4.69, 9.17) is 0 Å². The van der Waals surface area contributed by atoms with Crippen molar-refractivity contribution >= 4 is 16.0 Å². The maximum absolute atomic E-state index is 11.8. The van der Waals surface area contributed by atoms with Crippen LogP contribution in [0.3, 0.4) is 0 Å². The second-order valence-corrected chi connectivity index (χ2v) is 8.84. The second-order valence-electron chi connectivity index (χ2n) is 6.60. The summed E-state index contributed by atoms with van der Waals surface area (Å²) in [4.78, 5) is 6.67. The first-order chi connectivity index (χ1) is 9.81. The zero-order valence-corrected chi connectivity index (χ0v) is 14.3. The summed E-state index contributed by atoms with van der Waals surface area (Å²) < 4.78 is 26.2. The molecule has 122 valence electrons. The van der Waals surface area contributed by atoms with E-state index < -0.39 is 15.3 Å². The quantitative estimate of drug-likeness (QED) is 0.823. The van der Waals surface area contributed by atoms with Crippen molar-refractivity contribution in [3.05, 3.63) is 0 Å². The molecule has 1 aliphatic carbocycles. The lowest BCUT2D eigenvalue weighted by Crippen LogP contribution is -2.55. The molecule has 0 aromatic heterocycles. The lowest BCUT2D eigenvalue weighted by atomic mass is 9.77. The van der Waals surface area contributed by atoms with Crippen molar-refractivity contribution in [3.63, 3.8) is 0 Å². The highest BCUT2D eigenvalue weighted by Crippen LogP contribution is 2.32. The van der Waals surface area contributed by atoms with Gasteiger partial charge >= 0.3 is 0 Å². The molecule has 1 fully saturated rings. The van der Waals surface area contributed by atoms with E-state index in [1.165, 1.54) is 19.3 Å². The van der Waals surface area contributed by atoms with Crippen LogP contribution in [-0.4, -0.2) is 43.9 Å². The summed E-state index contributed by atoms with van der Waals surface area (Å²) in [6.07, 6.45) is 3.78. The van der Waals surface area contributed by atoms with E-state index in [9.17, 15) is 8.42 Å². The third-order valence-electron chi connectivity index (χ3n) is 4.85. The molecular weight excluding hydrogens is 288 g/mol. The Labute approximate surface area is 128 Å². The molecule has 6 nitrogen and oxygen atoms in total. The van der Waals surface area contributed by atoms with E-state index in [1.807, 2.05) is 0 Å². The van der Waals surface area contributed by atoms with Gasteiger partial charge in [0, 0.05) is 6.04 Å². The highest BCUT2D eigenvalue weighted by Gasteiger charge is 2.32. The smallest absolute Gasteiger partial charge is 0.237 e. The Hall–Kier alpha value is -0.820. The molecule has 0 spiro atoms. The number of nitrogens with zero attached hydrogens (tertiary/aromatic N) is 2. The minimum Gasteiger partial charge on any atom is -0.343 e. The Bertz CT molecular complexity index is 489. The lowest BCUT2D eigenvalue weighted by molar-refractivity contribution is 0.0768. The maximum atomic E-state index is 11.8. The predicted molar refractivity (Wildman–Crippen MR) is 85.3 cm³/mol. The van der Waals surface area contributed by atoms with Gasteiger partial charge in [-0.25, -0.2) is 13.4 Å². The summed E-state index contributed by atoms with van der Waals surface area (Å²) in [5, 5.41) is 2.64. The maximum Gasteiger partial charge on any atom is 0.237 e. The van der Waals surface area contributed by atoms with Gasteiger partial charge in [0.25, 0.3) is 0 Å². The number of sulfonamides is 1. The van der Waals surface area contributed by atoms with Gasteiger partial charge in [0.2, 0.25) is 16.0 Å². The van der Waals surface area contributed by atoms with Crippen LogP contribution in [-0.2, 0) is 10.0 Å². The summed E-state index contributed by atoms with van der Waals surface area (Å²) in [7, 11) is -3.32. The zero-order chi connectivity index (χ0) is 15.6. The molecule has 0 radical (unpaired) electrons. The molecule has 1 heterocycles. The summed E-state index contributed by atoms with van der Waals surface area (Å²) >= 11 is 0. The van der Waals surface area contributed by atoms with Crippen molar-refractivity contribution in [2.24, 2.45) is 16.8 Å². The molecular formula is C14H28N4O2S. The largest absolute Gasteiger partial charge is 0.343 e. The molecule has 0 bridgehead atoms. The Morgan fingerprint density at radius 1 is 1.33 bits per heavy atom. The summed E-state index contributed by atoms with van der Waals surface area (Å²) in [5.41, 5.74) is 0. The van der Waals surface area contributed by atoms with Crippen LogP contribution in [0.15, 0.2) is 4.99 Å². The normalized spacial score (nSPS) is 31.7.